The molecule has 0 amide bonds. The monoisotopic (exact) mass is 349 g/mol. The number of anilines is 2. The number of sulfonamides is 1. The number of carbonyl (C=O) groups excluding carboxylic acids is 1. The Morgan fingerprint density at radius 2 is 1.58 bits per heavy atom. The van der Waals surface area contributed by atoms with Gasteiger partial charge in [0, 0.05) is 0 Å². The molecular formula is C16H15NO6S. The van der Waals surface area contributed by atoms with E-state index in [0.717, 1.165) is 23.7 Å². The summed E-state index contributed by atoms with van der Waals surface area (Å²) in [7, 11) is -2.62. The SMILES string of the molecule is COC(=O)c1cc(C(=O)O)cc(N(c2ccccc2)S(C)(=O)=O)c1. The number of carbonyl (C=O) groups is 2. The zero-order valence-corrected chi connectivity index (χ0v) is 13.8. The van der Waals surface area contributed by atoms with Gasteiger partial charge in [-0.3, -0.25) is 0 Å². The summed E-state index contributed by atoms with van der Waals surface area (Å²) in [5.41, 5.74) is 0.0665. The fourth-order valence-corrected chi connectivity index (χ4v) is 3.18. The Balaban J connectivity index is 2.72. The van der Waals surface area contributed by atoms with Gasteiger partial charge < -0.3 is 9.84 Å². The van der Waals surface area contributed by atoms with E-state index < -0.39 is 22.0 Å². The van der Waals surface area contributed by atoms with E-state index in [4.69, 9.17) is 0 Å². The number of methoxy groups -OCH3 is 1. The fraction of sp³-hybridized carbons (Fsp3) is 0.125. The molecule has 0 bridgehead atoms. The molecule has 1 N–H and O–H groups in total. The lowest BCUT2D eigenvalue weighted by atomic mass is 10.1. The summed E-state index contributed by atoms with van der Waals surface area (Å²) < 4.78 is 30.0. The van der Waals surface area contributed by atoms with E-state index in [1.807, 2.05) is 0 Å². The normalized spacial score (nSPS) is 10.9. The number of nitrogens with zero attached hydrogens (tertiary/aromatic N) is 1. The number of esters is 1. The van der Waals surface area contributed by atoms with Gasteiger partial charge in [0.1, 0.15) is 0 Å². The first-order valence-electron chi connectivity index (χ1n) is 6.76. The van der Waals surface area contributed by atoms with Crippen LogP contribution in [0.4, 0.5) is 11.4 Å². The highest BCUT2D eigenvalue weighted by Gasteiger charge is 2.23. The third kappa shape index (κ3) is 3.72. The van der Waals surface area contributed by atoms with Gasteiger partial charge in [0.25, 0.3) is 0 Å². The number of carboxylic acids is 1. The Morgan fingerprint density at radius 3 is 2.08 bits per heavy atom. The maximum Gasteiger partial charge on any atom is 0.337 e. The highest BCUT2D eigenvalue weighted by molar-refractivity contribution is 7.92. The lowest BCUT2D eigenvalue weighted by molar-refractivity contribution is 0.0600. The predicted octanol–water partition coefficient (Wildman–Crippen LogP) is 2.27. The second-order valence-electron chi connectivity index (χ2n) is 4.93. The van der Waals surface area contributed by atoms with Gasteiger partial charge in [0.2, 0.25) is 10.0 Å². The number of carboxylic acid groups (broad SMARTS) is 1. The first-order valence-corrected chi connectivity index (χ1v) is 8.61. The standard InChI is InChI=1S/C16H15NO6S/c1-23-16(20)12-8-11(15(18)19)9-14(10-12)17(24(2,21)22)13-6-4-3-5-7-13/h3-10H,1-2H3,(H,18,19). The Hall–Kier alpha value is -2.87. The minimum absolute atomic E-state index is 0.0315. The number of hydrogen-bond acceptors (Lipinski definition) is 5. The molecule has 2 aromatic carbocycles. The molecule has 0 spiro atoms. The van der Waals surface area contributed by atoms with Crippen molar-refractivity contribution in [3.63, 3.8) is 0 Å². The summed E-state index contributed by atoms with van der Waals surface area (Å²) in [4.78, 5) is 23.1. The number of aromatic carboxylic acids is 1. The molecule has 2 aromatic rings. The third-order valence-electron chi connectivity index (χ3n) is 3.14. The first kappa shape index (κ1) is 17.5. The van der Waals surface area contributed by atoms with Crippen LogP contribution in [0.25, 0.3) is 0 Å². The number of para-hydroxylation sites is 1. The summed E-state index contributed by atoms with van der Waals surface area (Å²) in [5, 5.41) is 9.22. The fourth-order valence-electron chi connectivity index (χ4n) is 2.18. The van der Waals surface area contributed by atoms with Gasteiger partial charge in [-0.25, -0.2) is 22.3 Å². The van der Waals surface area contributed by atoms with E-state index in [9.17, 15) is 23.1 Å². The number of rotatable bonds is 5. The van der Waals surface area contributed by atoms with Crippen LogP contribution in [0.2, 0.25) is 0 Å². The van der Waals surface area contributed by atoms with Gasteiger partial charge in [-0.2, -0.15) is 0 Å². The van der Waals surface area contributed by atoms with Crippen LogP contribution >= 0.6 is 0 Å². The predicted molar refractivity (Wildman–Crippen MR) is 88.2 cm³/mol. The topological polar surface area (TPSA) is 101 Å². The van der Waals surface area contributed by atoms with Crippen molar-refractivity contribution in [2.75, 3.05) is 17.7 Å². The van der Waals surface area contributed by atoms with E-state index in [2.05, 4.69) is 4.74 Å². The van der Waals surface area contributed by atoms with Gasteiger partial charge in [-0.1, -0.05) is 18.2 Å². The van der Waals surface area contributed by atoms with Crippen molar-refractivity contribution < 1.29 is 27.9 Å². The van der Waals surface area contributed by atoms with Gasteiger partial charge in [-0.05, 0) is 30.3 Å². The van der Waals surface area contributed by atoms with Crippen LogP contribution in [0.5, 0.6) is 0 Å². The van der Waals surface area contributed by atoms with Crippen molar-refractivity contribution in [2.45, 2.75) is 0 Å². The molecule has 0 aliphatic rings. The van der Waals surface area contributed by atoms with Gasteiger partial charge in [0.15, 0.2) is 0 Å². The molecule has 8 heteroatoms. The average Bonchev–Trinajstić information content (AvgIpc) is 2.53. The Labute approximate surface area is 139 Å². The molecule has 0 saturated carbocycles. The molecule has 0 aromatic heterocycles. The Kier molecular flexibility index (Phi) is 4.89. The van der Waals surface area contributed by atoms with Crippen LogP contribution in [0.15, 0.2) is 48.5 Å². The molecular weight excluding hydrogens is 334 g/mol. The minimum atomic E-state index is -3.77. The van der Waals surface area contributed by atoms with Crippen LogP contribution < -0.4 is 4.31 Å². The second-order valence-corrected chi connectivity index (χ2v) is 6.76. The molecule has 2 rings (SSSR count). The summed E-state index contributed by atoms with van der Waals surface area (Å²) in [6, 6.07) is 11.7. The average molecular weight is 349 g/mol. The molecule has 0 radical (unpaired) electrons. The molecule has 0 saturated heterocycles. The zero-order valence-electron chi connectivity index (χ0n) is 13.0. The Morgan fingerprint density at radius 1 is 1.00 bits per heavy atom. The summed E-state index contributed by atoms with van der Waals surface area (Å²) >= 11 is 0. The van der Waals surface area contributed by atoms with Crippen molar-refractivity contribution in [3.05, 3.63) is 59.7 Å². The molecule has 0 aliphatic carbocycles. The smallest absolute Gasteiger partial charge is 0.337 e. The summed E-state index contributed by atoms with van der Waals surface area (Å²) in [6.07, 6.45) is 0.991. The molecule has 0 fully saturated rings. The van der Waals surface area contributed by atoms with E-state index in [1.165, 1.54) is 12.1 Å². The van der Waals surface area contributed by atoms with Crippen molar-refractivity contribution in [1.29, 1.82) is 0 Å². The quantitative estimate of drug-likeness (QED) is 0.831. The molecule has 7 nitrogen and oxygen atoms in total. The van der Waals surface area contributed by atoms with Crippen molar-refractivity contribution in [3.8, 4) is 0 Å². The maximum atomic E-state index is 12.2. The van der Waals surface area contributed by atoms with Crippen LogP contribution in [0, 0.1) is 0 Å². The summed E-state index contributed by atoms with van der Waals surface area (Å²) in [6.45, 7) is 0. The van der Waals surface area contributed by atoms with Crippen molar-refractivity contribution >= 4 is 33.3 Å². The van der Waals surface area contributed by atoms with Crippen LogP contribution in [0.3, 0.4) is 0 Å². The van der Waals surface area contributed by atoms with Gasteiger partial charge in [0.05, 0.1) is 35.9 Å². The van der Waals surface area contributed by atoms with E-state index in [0.29, 0.717) is 5.69 Å². The first-order chi connectivity index (χ1) is 11.2. The molecule has 0 unspecified atom stereocenters. The minimum Gasteiger partial charge on any atom is -0.478 e. The second kappa shape index (κ2) is 6.71. The number of ether oxygens (including phenoxy) is 1. The van der Waals surface area contributed by atoms with Crippen molar-refractivity contribution in [1.82, 2.24) is 0 Å². The van der Waals surface area contributed by atoms with Crippen LogP contribution in [0.1, 0.15) is 20.7 Å². The molecule has 24 heavy (non-hydrogen) atoms. The molecule has 0 atom stereocenters. The van der Waals surface area contributed by atoms with E-state index in [-0.39, 0.29) is 16.8 Å². The van der Waals surface area contributed by atoms with Crippen molar-refractivity contribution in [2.24, 2.45) is 0 Å². The molecule has 0 aliphatic heterocycles. The van der Waals surface area contributed by atoms with Crippen LogP contribution in [-0.4, -0.2) is 38.8 Å². The zero-order chi connectivity index (χ0) is 17.9. The summed E-state index contributed by atoms with van der Waals surface area (Å²) in [5.74, 6) is -2.05. The largest absolute Gasteiger partial charge is 0.478 e. The van der Waals surface area contributed by atoms with Crippen LogP contribution in [-0.2, 0) is 14.8 Å². The highest BCUT2D eigenvalue weighted by Crippen LogP contribution is 2.30. The Bertz CT molecular complexity index is 877. The van der Waals surface area contributed by atoms with Gasteiger partial charge >= 0.3 is 11.9 Å². The lowest BCUT2D eigenvalue weighted by Gasteiger charge is -2.23. The third-order valence-corrected chi connectivity index (χ3v) is 4.23. The van der Waals surface area contributed by atoms with Gasteiger partial charge in [-0.15, -0.1) is 0 Å². The number of hydrogen-bond donors (Lipinski definition) is 1. The maximum absolute atomic E-state index is 12.2. The lowest BCUT2D eigenvalue weighted by Crippen LogP contribution is -2.25. The highest BCUT2D eigenvalue weighted by atomic mass is 32.2. The van der Waals surface area contributed by atoms with E-state index >= 15 is 0 Å². The number of benzene rings is 2. The molecule has 126 valence electrons. The van der Waals surface area contributed by atoms with E-state index in [1.54, 1.807) is 30.3 Å². The molecule has 0 heterocycles.